The lowest BCUT2D eigenvalue weighted by Crippen LogP contribution is -2.72. The number of carbonyl (C=O) groups excluding carboxylic acids is 2. The second kappa shape index (κ2) is 6.14. The van der Waals surface area contributed by atoms with Crippen LogP contribution in [-0.4, -0.2) is 76.4 Å². The molecule has 5 aliphatic rings. The normalized spacial score (nSPS) is 42.4. The number of hydrogen-bond donors (Lipinski definition) is 0. The predicted octanol–water partition coefficient (Wildman–Crippen LogP) is 1.37. The summed E-state index contributed by atoms with van der Waals surface area (Å²) >= 11 is 0. The molecule has 156 valence electrons. The third kappa shape index (κ3) is 2.72. The molecule has 0 spiro atoms. The highest BCUT2D eigenvalue weighted by atomic mass is 16.8. The van der Waals surface area contributed by atoms with Crippen molar-refractivity contribution in [2.75, 3.05) is 6.61 Å². The second-order valence-corrected chi connectivity index (χ2v) is 9.56. The van der Waals surface area contributed by atoms with Crippen molar-refractivity contribution in [3.8, 4) is 0 Å². The van der Waals surface area contributed by atoms with Gasteiger partial charge in [-0.3, -0.25) is 9.59 Å². The zero-order chi connectivity index (χ0) is 19.8. The molecule has 0 bridgehead atoms. The van der Waals surface area contributed by atoms with Gasteiger partial charge in [0, 0.05) is 6.04 Å². The number of ether oxygens (including phenoxy) is 4. The fraction of sp³-hybridized carbons (Fsp3) is 0.900. The second-order valence-electron chi connectivity index (χ2n) is 9.56. The van der Waals surface area contributed by atoms with Gasteiger partial charge in [-0.1, -0.05) is 19.3 Å². The Bertz CT molecular complexity index is 688. The van der Waals surface area contributed by atoms with E-state index in [1.54, 1.807) is 9.80 Å². The van der Waals surface area contributed by atoms with Gasteiger partial charge < -0.3 is 28.7 Å². The molecule has 5 fully saturated rings. The number of amides is 2. The van der Waals surface area contributed by atoms with Crippen LogP contribution in [0.3, 0.4) is 0 Å². The summed E-state index contributed by atoms with van der Waals surface area (Å²) in [5, 5.41) is 0. The highest BCUT2D eigenvalue weighted by molar-refractivity contribution is 6.37. The number of hydrogen-bond acceptors (Lipinski definition) is 6. The molecule has 4 heterocycles. The van der Waals surface area contributed by atoms with Gasteiger partial charge in [0.15, 0.2) is 11.6 Å². The first kappa shape index (κ1) is 18.8. The van der Waals surface area contributed by atoms with Gasteiger partial charge in [0.05, 0.1) is 12.6 Å². The van der Waals surface area contributed by atoms with E-state index in [1.165, 1.54) is 6.42 Å². The maximum Gasteiger partial charge on any atom is 0.314 e. The zero-order valence-corrected chi connectivity index (χ0v) is 17.1. The number of rotatable bonds is 1. The fourth-order valence-corrected chi connectivity index (χ4v) is 5.65. The molecule has 0 aromatic rings. The monoisotopic (exact) mass is 394 g/mol. The van der Waals surface area contributed by atoms with Crippen molar-refractivity contribution in [3.63, 3.8) is 0 Å². The molecule has 0 aromatic heterocycles. The van der Waals surface area contributed by atoms with Gasteiger partial charge in [0.1, 0.15) is 24.5 Å². The highest BCUT2D eigenvalue weighted by Crippen LogP contribution is 2.47. The lowest BCUT2D eigenvalue weighted by Gasteiger charge is -2.53. The molecule has 28 heavy (non-hydrogen) atoms. The first-order valence-corrected chi connectivity index (χ1v) is 10.5. The topological polar surface area (TPSA) is 77.5 Å². The summed E-state index contributed by atoms with van der Waals surface area (Å²) in [5.41, 5.74) is 0. The Hall–Kier alpha value is -1.22. The summed E-state index contributed by atoms with van der Waals surface area (Å²) < 4.78 is 24.6. The van der Waals surface area contributed by atoms with Crippen LogP contribution in [-0.2, 0) is 28.5 Å². The molecule has 1 aliphatic carbocycles. The first-order valence-electron chi connectivity index (χ1n) is 10.5. The Labute approximate surface area is 165 Å². The average molecular weight is 394 g/mol. The third-order valence-electron chi connectivity index (χ3n) is 6.73. The van der Waals surface area contributed by atoms with Crippen LogP contribution in [0.2, 0.25) is 0 Å². The maximum atomic E-state index is 13.1. The molecular weight excluding hydrogens is 364 g/mol. The summed E-state index contributed by atoms with van der Waals surface area (Å²) in [6.45, 7) is 7.78. The Morgan fingerprint density at radius 2 is 1.39 bits per heavy atom. The van der Waals surface area contributed by atoms with Crippen molar-refractivity contribution in [1.82, 2.24) is 9.80 Å². The maximum absolute atomic E-state index is 13.1. The Kier molecular flexibility index (Phi) is 4.12. The van der Waals surface area contributed by atoms with E-state index in [4.69, 9.17) is 18.9 Å². The SMILES string of the molecule is CC1(C)OC[C@@H]2[C@@H](O1)[C@@H]1OC(C)(C)O[C@@H]1[C@H]1N(C3CCCCC3)C(=O)C(=O)N21. The van der Waals surface area contributed by atoms with Gasteiger partial charge >= 0.3 is 11.8 Å². The van der Waals surface area contributed by atoms with E-state index >= 15 is 0 Å². The average Bonchev–Trinajstić information content (AvgIpc) is 3.09. The van der Waals surface area contributed by atoms with Crippen molar-refractivity contribution in [1.29, 1.82) is 0 Å². The van der Waals surface area contributed by atoms with Crippen molar-refractivity contribution < 1.29 is 28.5 Å². The van der Waals surface area contributed by atoms with Crippen LogP contribution in [0.5, 0.6) is 0 Å². The number of nitrogens with zero attached hydrogens (tertiary/aromatic N) is 2. The van der Waals surface area contributed by atoms with E-state index in [9.17, 15) is 9.59 Å². The van der Waals surface area contributed by atoms with E-state index < -0.39 is 41.8 Å². The van der Waals surface area contributed by atoms with E-state index in [2.05, 4.69) is 0 Å². The molecule has 0 radical (unpaired) electrons. The predicted molar refractivity (Wildman–Crippen MR) is 96.9 cm³/mol. The van der Waals surface area contributed by atoms with E-state index in [1.807, 2.05) is 27.7 Å². The standard InChI is InChI=1S/C20H30N2O6/c1-19(2)25-10-12-13(26-19)14-15(28-20(3,4)27-14)16-21(11-8-6-5-7-9-11)17(23)18(24)22(12)16/h11-16H,5-10H2,1-4H3/t12-,13-,14+,15+,16+/m1/s1. The minimum absolute atomic E-state index is 0.0755. The molecule has 4 saturated heterocycles. The fourth-order valence-electron chi connectivity index (χ4n) is 5.65. The van der Waals surface area contributed by atoms with Crippen molar-refractivity contribution >= 4 is 11.8 Å². The summed E-state index contributed by atoms with van der Waals surface area (Å²) in [6, 6.07) is -0.284. The zero-order valence-electron chi connectivity index (χ0n) is 17.1. The van der Waals surface area contributed by atoms with Gasteiger partial charge in [-0.25, -0.2) is 0 Å². The molecule has 0 N–H and O–H groups in total. The smallest absolute Gasteiger partial charge is 0.314 e. The third-order valence-corrected chi connectivity index (χ3v) is 6.73. The van der Waals surface area contributed by atoms with Crippen LogP contribution in [0.15, 0.2) is 0 Å². The molecule has 1 saturated carbocycles. The van der Waals surface area contributed by atoms with Crippen LogP contribution in [0.25, 0.3) is 0 Å². The summed E-state index contributed by atoms with van der Waals surface area (Å²) in [7, 11) is 0. The van der Waals surface area contributed by atoms with Gasteiger partial charge in [-0.05, 0) is 40.5 Å². The summed E-state index contributed by atoms with van der Waals surface area (Å²) in [4.78, 5) is 29.6. The van der Waals surface area contributed by atoms with Crippen molar-refractivity contribution in [3.05, 3.63) is 0 Å². The minimum Gasteiger partial charge on any atom is -0.348 e. The van der Waals surface area contributed by atoms with Crippen LogP contribution < -0.4 is 0 Å². The number of carbonyl (C=O) groups is 2. The quantitative estimate of drug-likeness (QED) is 0.625. The summed E-state index contributed by atoms with van der Waals surface area (Å²) in [6.07, 6.45) is 3.58. The first-order chi connectivity index (χ1) is 13.2. The van der Waals surface area contributed by atoms with Gasteiger partial charge in [-0.15, -0.1) is 0 Å². The van der Waals surface area contributed by atoms with Gasteiger partial charge in [-0.2, -0.15) is 0 Å². The van der Waals surface area contributed by atoms with E-state index in [0.29, 0.717) is 6.61 Å². The molecule has 4 aliphatic heterocycles. The molecule has 5 rings (SSSR count). The Morgan fingerprint density at radius 1 is 0.786 bits per heavy atom. The molecular formula is C20H30N2O6. The Morgan fingerprint density at radius 3 is 2.11 bits per heavy atom. The summed E-state index contributed by atoms with van der Waals surface area (Å²) in [5.74, 6) is -2.46. The number of piperidine rings is 1. The molecule has 0 unspecified atom stereocenters. The molecule has 5 atom stereocenters. The highest BCUT2D eigenvalue weighted by Gasteiger charge is 2.67. The largest absolute Gasteiger partial charge is 0.348 e. The molecule has 2 amide bonds. The lowest BCUT2D eigenvalue weighted by molar-refractivity contribution is -0.323. The molecule has 8 nitrogen and oxygen atoms in total. The number of fused-ring (bicyclic) bond motifs is 6. The van der Waals surface area contributed by atoms with E-state index in [-0.39, 0.29) is 18.2 Å². The minimum atomic E-state index is -0.797. The lowest BCUT2D eigenvalue weighted by atomic mass is 9.89. The Balaban J connectivity index is 1.55. The molecule has 0 aromatic carbocycles. The van der Waals surface area contributed by atoms with Crippen LogP contribution in [0, 0.1) is 0 Å². The van der Waals surface area contributed by atoms with E-state index in [0.717, 1.165) is 25.7 Å². The van der Waals surface area contributed by atoms with Crippen molar-refractivity contribution in [2.45, 2.75) is 108 Å². The molecule has 8 heteroatoms. The van der Waals surface area contributed by atoms with Crippen molar-refractivity contribution in [2.24, 2.45) is 0 Å². The van der Waals surface area contributed by atoms with Gasteiger partial charge in [0.25, 0.3) is 0 Å². The van der Waals surface area contributed by atoms with Crippen LogP contribution >= 0.6 is 0 Å². The van der Waals surface area contributed by atoms with Crippen LogP contribution in [0.1, 0.15) is 59.8 Å². The van der Waals surface area contributed by atoms with Crippen LogP contribution in [0.4, 0.5) is 0 Å². The van der Waals surface area contributed by atoms with Gasteiger partial charge in [0.2, 0.25) is 0 Å².